The fourth-order valence-electron chi connectivity index (χ4n) is 6.23. The Morgan fingerprint density at radius 1 is 1.09 bits per heavy atom. The lowest BCUT2D eigenvalue weighted by Crippen LogP contribution is -2.20. The zero-order valence-corrected chi connectivity index (χ0v) is 27.0. The third-order valence-electron chi connectivity index (χ3n) is 8.71. The van der Waals surface area contributed by atoms with Crippen LogP contribution in [0.2, 0.25) is 0 Å². The molecule has 0 amide bonds. The minimum absolute atomic E-state index is 0.296. The molecule has 0 bridgehead atoms. The van der Waals surface area contributed by atoms with Crippen molar-refractivity contribution in [2.45, 2.75) is 32.6 Å². The molecule has 3 N–H and O–H groups in total. The normalized spacial score (nSPS) is 14.6. The average molecular weight is 619 g/mol. The number of nitrogens with one attached hydrogen (secondary N) is 3. The summed E-state index contributed by atoms with van der Waals surface area (Å²) >= 11 is 0. The number of anilines is 1. The van der Waals surface area contributed by atoms with E-state index in [9.17, 15) is 4.39 Å². The number of hydrogen-bond donors (Lipinski definition) is 3. The minimum Gasteiger partial charge on any atom is -0.384 e. The maximum absolute atomic E-state index is 14.7. The molecule has 238 valence electrons. The maximum atomic E-state index is 14.7. The van der Waals surface area contributed by atoms with E-state index in [1.54, 1.807) is 18.5 Å². The lowest BCUT2D eigenvalue weighted by molar-refractivity contribution is 0.334. The molecule has 1 saturated heterocycles. The van der Waals surface area contributed by atoms with E-state index in [1.165, 1.54) is 37.6 Å². The van der Waals surface area contributed by atoms with Gasteiger partial charge in [-0.15, -0.1) is 0 Å². The zero-order valence-electron chi connectivity index (χ0n) is 27.0. The average Bonchev–Trinajstić information content (AvgIpc) is 3.81. The van der Waals surface area contributed by atoms with Crippen molar-refractivity contribution >= 4 is 33.2 Å². The van der Waals surface area contributed by atoms with Crippen molar-refractivity contribution < 1.29 is 4.39 Å². The fraction of sp³-hybridized carbons (Fsp3) is 0.324. The van der Waals surface area contributed by atoms with Gasteiger partial charge in [0.15, 0.2) is 5.65 Å². The number of nitrogens with zero attached hydrogens (tertiary/aromatic N) is 5. The summed E-state index contributed by atoms with van der Waals surface area (Å²) in [5.41, 5.74) is 8.88. The first kappa shape index (κ1) is 31.4. The monoisotopic (exact) mass is 618 g/mol. The van der Waals surface area contributed by atoms with Gasteiger partial charge in [-0.05, 0) is 113 Å². The summed E-state index contributed by atoms with van der Waals surface area (Å²) in [6.07, 6.45) is 16.5. The first-order valence-corrected chi connectivity index (χ1v) is 16.1. The van der Waals surface area contributed by atoms with Crippen molar-refractivity contribution in [3.63, 3.8) is 0 Å². The molecule has 4 aromatic heterocycles. The molecule has 1 aromatic carbocycles. The highest BCUT2D eigenvalue weighted by Crippen LogP contribution is 2.35. The number of aromatic amines is 2. The number of aromatic nitrogens is 5. The van der Waals surface area contributed by atoms with Crippen molar-refractivity contribution in [3.05, 3.63) is 90.7 Å². The van der Waals surface area contributed by atoms with Gasteiger partial charge in [-0.3, -0.25) is 10.1 Å². The first-order chi connectivity index (χ1) is 22.4. The van der Waals surface area contributed by atoms with E-state index in [0.717, 1.165) is 81.6 Å². The molecule has 0 atom stereocenters. The van der Waals surface area contributed by atoms with Gasteiger partial charge >= 0.3 is 0 Å². The SMILES string of the molecule is C=C/C(=C\C(=C/C)c1cnc2n[nH]c(-c3cc4c(-c5cc(F)cc(NCCN(C)C)c5)cncc4[nH]3)c2c1)CCCN1CCCC1. The first-order valence-electron chi connectivity index (χ1n) is 16.1. The number of fused-ring (bicyclic) bond motifs is 2. The Balaban J connectivity index is 1.28. The molecule has 1 aliphatic rings. The summed E-state index contributed by atoms with van der Waals surface area (Å²) in [7, 11) is 4.03. The molecular formula is C37H43FN8. The lowest BCUT2D eigenvalue weighted by atomic mass is 10.0. The van der Waals surface area contributed by atoms with Crippen LogP contribution in [0.5, 0.6) is 0 Å². The number of H-pyrrole nitrogens is 2. The van der Waals surface area contributed by atoms with Gasteiger partial charge < -0.3 is 20.1 Å². The molecule has 6 rings (SSSR count). The van der Waals surface area contributed by atoms with E-state index in [2.05, 4.69) is 73.1 Å². The second kappa shape index (κ2) is 14.2. The Bertz CT molecular complexity index is 1890. The third-order valence-corrected chi connectivity index (χ3v) is 8.71. The van der Waals surface area contributed by atoms with Crippen molar-refractivity contribution in [1.29, 1.82) is 0 Å². The number of likely N-dealkylation sites (N-methyl/N-ethyl adjacent to an activating group) is 1. The van der Waals surface area contributed by atoms with Crippen LogP contribution in [-0.2, 0) is 0 Å². The van der Waals surface area contributed by atoms with Gasteiger partial charge in [0.25, 0.3) is 0 Å². The van der Waals surface area contributed by atoms with Gasteiger partial charge in [0.1, 0.15) is 5.82 Å². The molecule has 5 aromatic rings. The van der Waals surface area contributed by atoms with E-state index in [-0.39, 0.29) is 5.82 Å². The number of allylic oxidation sites excluding steroid dienone is 5. The smallest absolute Gasteiger partial charge is 0.181 e. The highest BCUT2D eigenvalue weighted by Gasteiger charge is 2.16. The van der Waals surface area contributed by atoms with E-state index < -0.39 is 0 Å². The van der Waals surface area contributed by atoms with Gasteiger partial charge in [0.05, 0.1) is 23.1 Å². The molecule has 9 heteroatoms. The van der Waals surface area contributed by atoms with Gasteiger partial charge in [-0.2, -0.15) is 5.10 Å². The van der Waals surface area contributed by atoms with Crippen LogP contribution in [0.1, 0.15) is 38.2 Å². The van der Waals surface area contributed by atoms with E-state index in [1.807, 2.05) is 32.4 Å². The molecule has 8 nitrogen and oxygen atoms in total. The molecule has 0 radical (unpaired) electrons. The standard InChI is InChI=1S/C37H43FN8/c1-5-25(10-9-14-46-12-7-8-13-46)16-26(6-2)28-19-32-36(43-44-37(32)41-22-28)34-21-31-33(23-39-24-35(31)42-34)27-17-29(38)20-30(18-27)40-11-15-45(3)4/h5-6,16-24,40,42H,1,7-15H2,2-4H3,(H,41,43,44)/b25-16+,26-6+. The molecule has 1 aliphatic heterocycles. The Morgan fingerprint density at radius 3 is 2.72 bits per heavy atom. The van der Waals surface area contributed by atoms with Gasteiger partial charge in [-0.1, -0.05) is 24.8 Å². The second-order valence-electron chi connectivity index (χ2n) is 12.3. The highest BCUT2D eigenvalue weighted by atomic mass is 19.1. The molecule has 46 heavy (non-hydrogen) atoms. The number of likely N-dealkylation sites (tertiary alicyclic amines) is 1. The fourth-order valence-corrected chi connectivity index (χ4v) is 6.23. The summed E-state index contributed by atoms with van der Waals surface area (Å²) in [6.45, 7) is 11.3. The Morgan fingerprint density at radius 2 is 1.93 bits per heavy atom. The Labute approximate surface area is 270 Å². The predicted molar refractivity (Wildman–Crippen MR) is 188 cm³/mol. The topological polar surface area (TPSA) is 88.8 Å². The van der Waals surface area contributed by atoms with Crippen LogP contribution in [0, 0.1) is 5.82 Å². The van der Waals surface area contributed by atoms with Crippen molar-refractivity contribution in [3.8, 4) is 22.5 Å². The number of benzene rings is 1. The van der Waals surface area contributed by atoms with Crippen molar-refractivity contribution in [2.24, 2.45) is 0 Å². The van der Waals surface area contributed by atoms with Gasteiger partial charge in [-0.25, -0.2) is 9.37 Å². The third kappa shape index (κ3) is 7.11. The number of halogens is 1. The molecule has 1 fully saturated rings. The molecule has 0 unspecified atom stereocenters. The molecule has 0 spiro atoms. The number of hydrogen-bond acceptors (Lipinski definition) is 6. The van der Waals surface area contributed by atoms with Crippen molar-refractivity contribution in [1.82, 2.24) is 34.9 Å². The zero-order chi connectivity index (χ0) is 32.0. The van der Waals surface area contributed by atoms with Crippen LogP contribution in [-0.4, -0.2) is 81.8 Å². The minimum atomic E-state index is -0.296. The van der Waals surface area contributed by atoms with Gasteiger partial charge in [0, 0.05) is 53.1 Å². The van der Waals surface area contributed by atoms with Crippen LogP contribution < -0.4 is 5.32 Å². The molecule has 5 heterocycles. The second-order valence-corrected chi connectivity index (χ2v) is 12.3. The highest BCUT2D eigenvalue weighted by molar-refractivity contribution is 6.00. The number of rotatable bonds is 13. The van der Waals surface area contributed by atoms with E-state index in [0.29, 0.717) is 12.2 Å². The lowest BCUT2D eigenvalue weighted by Gasteiger charge is -2.14. The van der Waals surface area contributed by atoms with Crippen LogP contribution >= 0.6 is 0 Å². The quantitative estimate of drug-likeness (QED) is 0.117. The van der Waals surface area contributed by atoms with Crippen LogP contribution in [0.15, 0.2) is 79.3 Å². The predicted octanol–water partition coefficient (Wildman–Crippen LogP) is 7.67. The van der Waals surface area contributed by atoms with Gasteiger partial charge in [0.2, 0.25) is 0 Å². The largest absolute Gasteiger partial charge is 0.384 e. The van der Waals surface area contributed by atoms with E-state index >= 15 is 0 Å². The maximum Gasteiger partial charge on any atom is 0.181 e. The summed E-state index contributed by atoms with van der Waals surface area (Å²) < 4.78 is 14.7. The number of pyridine rings is 2. The summed E-state index contributed by atoms with van der Waals surface area (Å²) in [5, 5.41) is 12.9. The van der Waals surface area contributed by atoms with Crippen LogP contribution in [0.25, 0.3) is 50.0 Å². The van der Waals surface area contributed by atoms with Crippen LogP contribution in [0.3, 0.4) is 0 Å². The summed E-state index contributed by atoms with van der Waals surface area (Å²) in [5.74, 6) is -0.296. The molecule has 0 saturated carbocycles. The summed E-state index contributed by atoms with van der Waals surface area (Å²) in [4.78, 5) is 17.3. The Hall–Kier alpha value is -4.60. The van der Waals surface area contributed by atoms with Crippen LogP contribution in [0.4, 0.5) is 10.1 Å². The van der Waals surface area contributed by atoms with E-state index in [4.69, 9.17) is 4.98 Å². The molecular weight excluding hydrogens is 575 g/mol. The molecule has 0 aliphatic carbocycles. The van der Waals surface area contributed by atoms with Crippen molar-refractivity contribution in [2.75, 3.05) is 52.1 Å². The summed E-state index contributed by atoms with van der Waals surface area (Å²) in [6, 6.07) is 9.26. The Kier molecular flexibility index (Phi) is 9.71.